The van der Waals surface area contributed by atoms with E-state index in [2.05, 4.69) is 34.2 Å². The van der Waals surface area contributed by atoms with Gasteiger partial charge in [0.15, 0.2) is 0 Å². The maximum Gasteiger partial charge on any atom is 0.0683 e. The molecule has 1 N–H and O–H groups in total. The monoisotopic (exact) mass is 363 g/mol. The lowest BCUT2D eigenvalue weighted by Crippen LogP contribution is -2.16. The van der Waals surface area contributed by atoms with Crippen LogP contribution in [0, 0.1) is 6.92 Å². The lowest BCUT2D eigenvalue weighted by molar-refractivity contribution is 0.704. The van der Waals surface area contributed by atoms with Gasteiger partial charge in [0.1, 0.15) is 0 Å². The van der Waals surface area contributed by atoms with Crippen LogP contribution in [0.3, 0.4) is 0 Å². The lowest BCUT2D eigenvalue weighted by Gasteiger charge is -2.16. The highest BCUT2D eigenvalue weighted by Crippen LogP contribution is 2.36. The third-order valence-corrected chi connectivity index (χ3v) is 5.49. The number of benzene rings is 1. The zero-order valence-electron chi connectivity index (χ0n) is 9.93. The van der Waals surface area contributed by atoms with Gasteiger partial charge in [0.25, 0.3) is 0 Å². The molecule has 5 heteroatoms. The van der Waals surface area contributed by atoms with Crippen molar-refractivity contribution in [1.29, 1.82) is 0 Å². The SMILES string of the molecule is CNC(c1cc(Br)c(C)s1)c1ccc(Cl)cc1Cl. The second-order valence-electron chi connectivity index (χ2n) is 3.94. The summed E-state index contributed by atoms with van der Waals surface area (Å²) in [5.41, 5.74) is 1.04. The molecular weight excluding hydrogens is 353 g/mol. The van der Waals surface area contributed by atoms with E-state index >= 15 is 0 Å². The maximum absolute atomic E-state index is 6.27. The first-order valence-electron chi connectivity index (χ1n) is 5.41. The fourth-order valence-electron chi connectivity index (χ4n) is 1.81. The zero-order valence-corrected chi connectivity index (χ0v) is 13.8. The molecular formula is C13H12BrCl2NS. The number of halogens is 3. The van der Waals surface area contributed by atoms with Crippen molar-refractivity contribution in [3.63, 3.8) is 0 Å². The van der Waals surface area contributed by atoms with Crippen molar-refractivity contribution in [2.45, 2.75) is 13.0 Å². The van der Waals surface area contributed by atoms with Gasteiger partial charge < -0.3 is 5.32 Å². The van der Waals surface area contributed by atoms with E-state index in [0.717, 1.165) is 10.0 Å². The molecule has 0 fully saturated rings. The Labute approximate surface area is 129 Å². The molecule has 0 aliphatic heterocycles. The topological polar surface area (TPSA) is 12.0 Å². The molecule has 0 aliphatic rings. The van der Waals surface area contributed by atoms with Crippen LogP contribution in [0.2, 0.25) is 10.0 Å². The number of thiophene rings is 1. The van der Waals surface area contributed by atoms with Gasteiger partial charge in [-0.2, -0.15) is 0 Å². The van der Waals surface area contributed by atoms with Gasteiger partial charge in [-0.25, -0.2) is 0 Å². The van der Waals surface area contributed by atoms with Crippen molar-refractivity contribution in [1.82, 2.24) is 5.32 Å². The van der Waals surface area contributed by atoms with E-state index in [-0.39, 0.29) is 6.04 Å². The summed E-state index contributed by atoms with van der Waals surface area (Å²) in [5, 5.41) is 4.64. The van der Waals surface area contributed by atoms with Crippen LogP contribution in [0.25, 0.3) is 0 Å². The molecule has 0 amide bonds. The minimum absolute atomic E-state index is 0.0877. The van der Waals surface area contributed by atoms with Crippen molar-refractivity contribution in [3.8, 4) is 0 Å². The van der Waals surface area contributed by atoms with Gasteiger partial charge in [0.2, 0.25) is 0 Å². The third kappa shape index (κ3) is 2.91. The fourth-order valence-corrected chi connectivity index (χ4v) is 4.02. The first-order chi connectivity index (χ1) is 8.52. The van der Waals surface area contributed by atoms with E-state index in [1.165, 1.54) is 9.75 Å². The Morgan fingerprint density at radius 1 is 1.28 bits per heavy atom. The van der Waals surface area contributed by atoms with E-state index < -0.39 is 0 Å². The Morgan fingerprint density at radius 2 is 2.00 bits per heavy atom. The summed E-state index contributed by atoms with van der Waals surface area (Å²) in [6.45, 7) is 2.09. The predicted octanol–water partition coefficient (Wildman–Crippen LogP) is 5.43. The van der Waals surface area contributed by atoms with Gasteiger partial charge in [0.05, 0.1) is 6.04 Å². The quantitative estimate of drug-likeness (QED) is 0.765. The summed E-state index contributed by atoms with van der Waals surface area (Å²) < 4.78 is 1.13. The number of hydrogen-bond acceptors (Lipinski definition) is 2. The van der Waals surface area contributed by atoms with E-state index in [1.807, 2.05) is 19.2 Å². The summed E-state index contributed by atoms with van der Waals surface area (Å²) in [4.78, 5) is 2.49. The molecule has 1 aromatic carbocycles. The minimum Gasteiger partial charge on any atom is -0.309 e. The average Bonchev–Trinajstić information content (AvgIpc) is 2.63. The zero-order chi connectivity index (χ0) is 13.3. The van der Waals surface area contributed by atoms with Gasteiger partial charge in [-0.05, 0) is 53.7 Å². The highest BCUT2D eigenvalue weighted by Gasteiger charge is 2.18. The second-order valence-corrected chi connectivity index (χ2v) is 6.93. The van der Waals surface area contributed by atoms with Crippen LogP contribution in [-0.2, 0) is 0 Å². The molecule has 1 heterocycles. The first kappa shape index (κ1) is 14.4. The number of rotatable bonds is 3. The molecule has 0 radical (unpaired) electrons. The summed E-state index contributed by atoms with van der Waals surface area (Å²) in [6.07, 6.45) is 0. The molecule has 1 unspecified atom stereocenters. The first-order valence-corrected chi connectivity index (χ1v) is 7.77. The largest absolute Gasteiger partial charge is 0.309 e. The van der Waals surface area contributed by atoms with Crippen LogP contribution < -0.4 is 5.32 Å². The standard InChI is InChI=1S/C13H12BrCl2NS/c1-7-10(14)6-12(18-7)13(17-2)9-4-3-8(15)5-11(9)16/h3-6,13,17H,1-2H3. The molecule has 0 spiro atoms. The van der Waals surface area contributed by atoms with Crippen LogP contribution in [0.4, 0.5) is 0 Å². The van der Waals surface area contributed by atoms with Crippen molar-refractivity contribution in [2.24, 2.45) is 0 Å². The highest BCUT2D eigenvalue weighted by atomic mass is 79.9. The Balaban J connectivity index is 2.45. The molecule has 96 valence electrons. The van der Waals surface area contributed by atoms with Crippen molar-refractivity contribution in [3.05, 3.63) is 54.1 Å². The Kier molecular flexibility index (Phi) is 4.73. The highest BCUT2D eigenvalue weighted by molar-refractivity contribution is 9.10. The molecule has 1 nitrogen and oxygen atoms in total. The Hall–Kier alpha value is -0.0600. The average molecular weight is 365 g/mol. The molecule has 1 atom stereocenters. The van der Waals surface area contributed by atoms with Gasteiger partial charge in [-0.3, -0.25) is 0 Å². The maximum atomic E-state index is 6.27. The molecule has 2 rings (SSSR count). The van der Waals surface area contributed by atoms with Crippen molar-refractivity contribution < 1.29 is 0 Å². The summed E-state index contributed by atoms with van der Waals surface area (Å²) in [6, 6.07) is 7.83. The molecule has 18 heavy (non-hydrogen) atoms. The van der Waals surface area contributed by atoms with Crippen LogP contribution in [0.1, 0.15) is 21.4 Å². The number of hydrogen-bond donors (Lipinski definition) is 1. The number of aryl methyl sites for hydroxylation is 1. The minimum atomic E-state index is 0.0877. The molecule has 1 aromatic heterocycles. The lowest BCUT2D eigenvalue weighted by atomic mass is 10.1. The summed E-state index contributed by atoms with van der Waals surface area (Å²) in [7, 11) is 1.93. The smallest absolute Gasteiger partial charge is 0.0683 e. The molecule has 0 saturated heterocycles. The van der Waals surface area contributed by atoms with E-state index in [4.69, 9.17) is 23.2 Å². The predicted molar refractivity (Wildman–Crippen MR) is 84.1 cm³/mol. The van der Waals surface area contributed by atoms with E-state index in [1.54, 1.807) is 17.4 Å². The van der Waals surface area contributed by atoms with Gasteiger partial charge in [0, 0.05) is 24.3 Å². The van der Waals surface area contributed by atoms with Crippen molar-refractivity contribution >= 4 is 50.5 Å². The molecule has 0 bridgehead atoms. The fraction of sp³-hybridized carbons (Fsp3) is 0.231. The Bertz CT molecular complexity index is 549. The Morgan fingerprint density at radius 3 is 2.50 bits per heavy atom. The molecule has 0 saturated carbocycles. The third-order valence-electron chi connectivity index (χ3n) is 2.72. The van der Waals surface area contributed by atoms with Crippen LogP contribution >= 0.6 is 50.5 Å². The second kappa shape index (κ2) is 5.93. The van der Waals surface area contributed by atoms with Crippen LogP contribution in [-0.4, -0.2) is 7.05 Å². The normalized spacial score (nSPS) is 12.7. The van der Waals surface area contributed by atoms with Gasteiger partial charge >= 0.3 is 0 Å². The van der Waals surface area contributed by atoms with Gasteiger partial charge in [-0.1, -0.05) is 29.3 Å². The van der Waals surface area contributed by atoms with Crippen LogP contribution in [0.15, 0.2) is 28.7 Å². The number of nitrogens with one attached hydrogen (secondary N) is 1. The van der Waals surface area contributed by atoms with Gasteiger partial charge in [-0.15, -0.1) is 11.3 Å². The van der Waals surface area contributed by atoms with E-state index in [9.17, 15) is 0 Å². The van der Waals surface area contributed by atoms with E-state index in [0.29, 0.717) is 10.0 Å². The summed E-state index contributed by atoms with van der Waals surface area (Å²) in [5.74, 6) is 0. The molecule has 2 aromatic rings. The van der Waals surface area contributed by atoms with Crippen LogP contribution in [0.5, 0.6) is 0 Å². The molecule has 0 aliphatic carbocycles. The summed E-state index contributed by atoms with van der Waals surface area (Å²) >= 11 is 17.5. The van der Waals surface area contributed by atoms with Crippen molar-refractivity contribution in [2.75, 3.05) is 7.05 Å².